The maximum absolute atomic E-state index is 12.1. The van der Waals surface area contributed by atoms with Gasteiger partial charge in [0.2, 0.25) is 0 Å². The van der Waals surface area contributed by atoms with Gasteiger partial charge in [-0.25, -0.2) is 0 Å². The SMILES string of the molecule is COc1ccc(O)c(C(=O)Nc2ccncc2Br)c1. The third-order valence-electron chi connectivity index (χ3n) is 2.47. The molecule has 1 heterocycles. The average Bonchev–Trinajstić information content (AvgIpc) is 2.42. The quantitative estimate of drug-likeness (QED) is 0.911. The molecule has 0 atom stereocenters. The van der Waals surface area contributed by atoms with Crippen LogP contribution in [0.5, 0.6) is 11.5 Å². The van der Waals surface area contributed by atoms with Crippen molar-refractivity contribution in [3.63, 3.8) is 0 Å². The number of anilines is 1. The minimum absolute atomic E-state index is 0.108. The van der Waals surface area contributed by atoms with Crippen molar-refractivity contribution in [2.24, 2.45) is 0 Å². The number of phenols is 1. The number of halogens is 1. The maximum Gasteiger partial charge on any atom is 0.259 e. The molecule has 0 spiro atoms. The van der Waals surface area contributed by atoms with Gasteiger partial charge < -0.3 is 15.2 Å². The monoisotopic (exact) mass is 322 g/mol. The number of pyridine rings is 1. The van der Waals surface area contributed by atoms with Gasteiger partial charge in [0.25, 0.3) is 5.91 Å². The van der Waals surface area contributed by atoms with E-state index in [2.05, 4.69) is 26.2 Å². The molecule has 0 aliphatic carbocycles. The van der Waals surface area contributed by atoms with E-state index in [-0.39, 0.29) is 11.3 Å². The number of hydrogen-bond acceptors (Lipinski definition) is 4. The fourth-order valence-corrected chi connectivity index (χ4v) is 1.84. The number of methoxy groups -OCH3 is 1. The fraction of sp³-hybridized carbons (Fsp3) is 0.0769. The van der Waals surface area contributed by atoms with Gasteiger partial charge in [0, 0.05) is 12.4 Å². The topological polar surface area (TPSA) is 71.5 Å². The van der Waals surface area contributed by atoms with E-state index >= 15 is 0 Å². The van der Waals surface area contributed by atoms with Gasteiger partial charge in [-0.1, -0.05) is 0 Å². The number of carbonyl (C=O) groups excluding carboxylic acids is 1. The third-order valence-corrected chi connectivity index (χ3v) is 3.10. The Morgan fingerprint density at radius 1 is 1.42 bits per heavy atom. The molecule has 0 unspecified atom stereocenters. The normalized spacial score (nSPS) is 10.0. The highest BCUT2D eigenvalue weighted by Gasteiger charge is 2.13. The Hall–Kier alpha value is -2.08. The Morgan fingerprint density at radius 2 is 2.21 bits per heavy atom. The highest BCUT2D eigenvalue weighted by atomic mass is 79.9. The number of aromatic nitrogens is 1. The van der Waals surface area contributed by atoms with Crippen LogP contribution in [0.1, 0.15) is 10.4 Å². The van der Waals surface area contributed by atoms with E-state index in [0.717, 1.165) is 0 Å². The van der Waals surface area contributed by atoms with E-state index in [1.54, 1.807) is 24.5 Å². The molecular formula is C13H11BrN2O3. The highest BCUT2D eigenvalue weighted by Crippen LogP contribution is 2.25. The van der Waals surface area contributed by atoms with Crippen molar-refractivity contribution < 1.29 is 14.6 Å². The number of hydrogen-bond donors (Lipinski definition) is 2. The van der Waals surface area contributed by atoms with E-state index in [4.69, 9.17) is 4.74 Å². The predicted octanol–water partition coefficient (Wildman–Crippen LogP) is 2.81. The Morgan fingerprint density at radius 3 is 2.89 bits per heavy atom. The molecule has 2 aromatic rings. The molecule has 0 bridgehead atoms. The Bertz CT molecular complexity index is 617. The summed E-state index contributed by atoms with van der Waals surface area (Å²) in [5.41, 5.74) is 0.713. The van der Waals surface area contributed by atoms with Gasteiger partial charge in [0.1, 0.15) is 11.5 Å². The van der Waals surface area contributed by atoms with Crippen LogP contribution in [0.2, 0.25) is 0 Å². The molecule has 0 saturated heterocycles. The van der Waals surface area contributed by atoms with Crippen molar-refractivity contribution in [2.45, 2.75) is 0 Å². The number of nitrogens with zero attached hydrogens (tertiary/aromatic N) is 1. The molecule has 0 radical (unpaired) electrons. The molecule has 98 valence electrons. The number of rotatable bonds is 3. The standard InChI is InChI=1S/C13H11BrN2O3/c1-19-8-2-3-12(17)9(6-8)13(18)16-11-4-5-15-7-10(11)14/h2-7,17H,1H3,(H,15,16,18). The van der Waals surface area contributed by atoms with E-state index in [0.29, 0.717) is 15.9 Å². The first-order valence-electron chi connectivity index (χ1n) is 5.39. The van der Waals surface area contributed by atoms with Gasteiger partial charge in [-0.2, -0.15) is 0 Å². The molecule has 0 aliphatic heterocycles. The second kappa shape index (κ2) is 5.71. The van der Waals surface area contributed by atoms with Crippen molar-refractivity contribution in [1.29, 1.82) is 0 Å². The molecule has 1 amide bonds. The minimum atomic E-state index is -0.428. The smallest absolute Gasteiger partial charge is 0.259 e. The lowest BCUT2D eigenvalue weighted by Crippen LogP contribution is -2.12. The summed E-state index contributed by atoms with van der Waals surface area (Å²) >= 11 is 3.28. The van der Waals surface area contributed by atoms with Crippen LogP contribution in [0, 0.1) is 0 Å². The zero-order chi connectivity index (χ0) is 13.8. The van der Waals surface area contributed by atoms with Crippen LogP contribution in [-0.4, -0.2) is 23.1 Å². The van der Waals surface area contributed by atoms with E-state index < -0.39 is 5.91 Å². The number of benzene rings is 1. The van der Waals surface area contributed by atoms with E-state index in [1.165, 1.54) is 19.2 Å². The number of ether oxygens (including phenoxy) is 1. The van der Waals surface area contributed by atoms with Crippen LogP contribution in [0.15, 0.2) is 41.1 Å². The van der Waals surface area contributed by atoms with Crippen LogP contribution in [0.3, 0.4) is 0 Å². The first-order chi connectivity index (χ1) is 9.11. The minimum Gasteiger partial charge on any atom is -0.507 e. The zero-order valence-electron chi connectivity index (χ0n) is 10.1. The Labute approximate surface area is 118 Å². The molecular weight excluding hydrogens is 312 g/mol. The van der Waals surface area contributed by atoms with Crippen molar-refractivity contribution in [3.05, 3.63) is 46.7 Å². The van der Waals surface area contributed by atoms with Gasteiger partial charge in [-0.05, 0) is 40.2 Å². The van der Waals surface area contributed by atoms with E-state index in [1.807, 2.05) is 0 Å². The summed E-state index contributed by atoms with van der Waals surface area (Å²) in [6, 6.07) is 6.11. The summed E-state index contributed by atoms with van der Waals surface area (Å²) in [5.74, 6) is -0.0384. The van der Waals surface area contributed by atoms with Gasteiger partial charge in [0.15, 0.2) is 0 Å². The average molecular weight is 323 g/mol. The zero-order valence-corrected chi connectivity index (χ0v) is 11.6. The van der Waals surface area contributed by atoms with Gasteiger partial charge in [-0.15, -0.1) is 0 Å². The summed E-state index contributed by atoms with van der Waals surface area (Å²) in [6.45, 7) is 0. The number of carbonyl (C=O) groups is 1. The molecule has 0 saturated carbocycles. The molecule has 0 fully saturated rings. The molecule has 19 heavy (non-hydrogen) atoms. The van der Waals surface area contributed by atoms with E-state index in [9.17, 15) is 9.90 Å². The van der Waals surface area contributed by atoms with Crippen molar-refractivity contribution >= 4 is 27.5 Å². The second-order valence-electron chi connectivity index (χ2n) is 3.69. The number of nitrogens with one attached hydrogen (secondary N) is 1. The van der Waals surface area contributed by atoms with Crippen LogP contribution in [-0.2, 0) is 0 Å². The largest absolute Gasteiger partial charge is 0.507 e. The predicted molar refractivity (Wildman–Crippen MR) is 74.5 cm³/mol. The molecule has 6 heteroatoms. The summed E-state index contributed by atoms with van der Waals surface area (Å²) in [7, 11) is 1.49. The van der Waals surface area contributed by atoms with Crippen LogP contribution < -0.4 is 10.1 Å². The molecule has 5 nitrogen and oxygen atoms in total. The summed E-state index contributed by atoms with van der Waals surface area (Å²) in [5, 5.41) is 12.4. The maximum atomic E-state index is 12.1. The lowest BCUT2D eigenvalue weighted by molar-refractivity contribution is 0.102. The lowest BCUT2D eigenvalue weighted by atomic mass is 10.1. The van der Waals surface area contributed by atoms with Gasteiger partial charge >= 0.3 is 0 Å². The first-order valence-corrected chi connectivity index (χ1v) is 6.19. The first kappa shape index (κ1) is 13.4. The molecule has 1 aromatic heterocycles. The van der Waals surface area contributed by atoms with Crippen LogP contribution in [0.25, 0.3) is 0 Å². The number of phenolic OH excluding ortho intramolecular Hbond substituents is 1. The lowest BCUT2D eigenvalue weighted by Gasteiger charge is -2.09. The Kier molecular flexibility index (Phi) is 4.01. The Balaban J connectivity index is 2.28. The third kappa shape index (κ3) is 3.03. The van der Waals surface area contributed by atoms with Crippen LogP contribution in [0.4, 0.5) is 5.69 Å². The van der Waals surface area contributed by atoms with Crippen molar-refractivity contribution in [1.82, 2.24) is 4.98 Å². The van der Waals surface area contributed by atoms with Gasteiger partial charge in [-0.3, -0.25) is 9.78 Å². The second-order valence-corrected chi connectivity index (χ2v) is 4.55. The summed E-state index contributed by atoms with van der Waals surface area (Å²) < 4.78 is 5.68. The molecule has 2 N–H and O–H groups in total. The number of aromatic hydroxyl groups is 1. The van der Waals surface area contributed by atoms with Crippen molar-refractivity contribution in [2.75, 3.05) is 12.4 Å². The van der Waals surface area contributed by atoms with Gasteiger partial charge in [0.05, 0.1) is 22.8 Å². The molecule has 1 aromatic carbocycles. The molecule has 0 aliphatic rings. The summed E-state index contributed by atoms with van der Waals surface area (Å²) in [4.78, 5) is 16.0. The molecule has 2 rings (SSSR count). The number of amides is 1. The highest BCUT2D eigenvalue weighted by molar-refractivity contribution is 9.10. The summed E-state index contributed by atoms with van der Waals surface area (Å²) in [6.07, 6.45) is 3.13. The van der Waals surface area contributed by atoms with Crippen molar-refractivity contribution in [3.8, 4) is 11.5 Å². The van der Waals surface area contributed by atoms with Crippen LogP contribution >= 0.6 is 15.9 Å². The fourth-order valence-electron chi connectivity index (χ4n) is 1.49.